The molecule has 0 aromatic rings. The average molecular weight is 879 g/mol. The molecule has 0 aromatic heterocycles. The predicted octanol–water partition coefficient (Wildman–Crippen LogP) is 4.72. The number of aliphatic carboxylic acids is 5. The van der Waals surface area contributed by atoms with Crippen molar-refractivity contribution >= 4 is 58.8 Å². The van der Waals surface area contributed by atoms with Gasteiger partial charge in [-0.2, -0.15) is 0 Å². The smallest absolute Gasteiger partial charge is 0.303 e. The fourth-order valence-corrected chi connectivity index (χ4v) is 11.8. The van der Waals surface area contributed by atoms with Crippen molar-refractivity contribution in [2.45, 2.75) is 138 Å². The largest absolute Gasteiger partial charge is 0.481 e. The highest BCUT2D eigenvalue weighted by molar-refractivity contribution is 6.10. The highest BCUT2D eigenvalue weighted by atomic mass is 16.4. The van der Waals surface area contributed by atoms with E-state index in [1.165, 1.54) is 0 Å². The normalized spacial score (nSPS) is 36.2. The fraction of sp³-hybridized carbons (Fsp3) is 0.644. The zero-order chi connectivity index (χ0) is 47.4. The summed E-state index contributed by atoms with van der Waals surface area (Å²) in [6.45, 7) is 14.4. The topological polar surface area (TPSA) is 322 Å². The molecule has 1 saturated heterocycles. The van der Waals surface area contributed by atoms with E-state index in [-0.39, 0.29) is 64.2 Å². The van der Waals surface area contributed by atoms with Crippen molar-refractivity contribution in [3.63, 3.8) is 0 Å². The molecular formula is C45H62N6O12. The fourth-order valence-electron chi connectivity index (χ4n) is 11.8. The van der Waals surface area contributed by atoms with Crippen molar-refractivity contribution in [2.75, 3.05) is 0 Å². The van der Waals surface area contributed by atoms with Gasteiger partial charge in [0.05, 0.1) is 18.0 Å². The molecule has 9 atom stereocenters. The number of nitrogens with one attached hydrogen (secondary N) is 1. The Morgan fingerprint density at radius 2 is 1.21 bits per heavy atom. The van der Waals surface area contributed by atoms with Crippen LogP contribution in [0, 0.1) is 45.3 Å². The van der Waals surface area contributed by atoms with Gasteiger partial charge in [-0.15, -0.1) is 0 Å². The van der Waals surface area contributed by atoms with Crippen LogP contribution in [0.3, 0.4) is 0 Å². The maximum Gasteiger partial charge on any atom is 0.303 e. The van der Waals surface area contributed by atoms with Gasteiger partial charge in [0, 0.05) is 118 Å². The van der Waals surface area contributed by atoms with Gasteiger partial charge in [-0.25, -0.2) is 0 Å². The van der Waals surface area contributed by atoms with Crippen molar-refractivity contribution in [3.05, 3.63) is 34.3 Å². The van der Waals surface area contributed by atoms with Crippen LogP contribution in [0.5, 0.6) is 0 Å². The van der Waals surface area contributed by atoms with Gasteiger partial charge in [-0.1, -0.05) is 34.6 Å². The first kappa shape index (κ1) is 48.4. The first-order valence-electron chi connectivity index (χ1n) is 21.4. The van der Waals surface area contributed by atoms with E-state index in [1.807, 2.05) is 13.8 Å². The second kappa shape index (κ2) is 17.1. The molecule has 5 heterocycles. The summed E-state index contributed by atoms with van der Waals surface area (Å²) in [5, 5.41) is 54.2. The summed E-state index contributed by atoms with van der Waals surface area (Å²) in [5.41, 5.74) is 9.44. The van der Waals surface area contributed by atoms with Crippen molar-refractivity contribution in [2.24, 2.45) is 71.8 Å². The highest BCUT2D eigenvalue weighted by Crippen LogP contribution is 2.62. The van der Waals surface area contributed by atoms with Gasteiger partial charge in [-0.3, -0.25) is 48.5 Å². The number of aliphatic imine (C=N–C) groups is 3. The summed E-state index contributed by atoms with van der Waals surface area (Å²) in [6, 6.07) is -1.07. The molecule has 5 rings (SSSR count). The predicted molar refractivity (Wildman–Crippen MR) is 231 cm³/mol. The number of carbonyl (C=O) groups is 7. The molecule has 1 fully saturated rings. The Bertz CT molecular complexity index is 2220. The molecule has 10 N–H and O–H groups in total. The quantitative estimate of drug-likeness (QED) is 0.0925. The average Bonchev–Trinajstić information content (AvgIpc) is 3.75. The number of amides is 2. The minimum Gasteiger partial charge on any atom is -0.481 e. The van der Waals surface area contributed by atoms with E-state index in [4.69, 9.17) is 26.4 Å². The van der Waals surface area contributed by atoms with E-state index >= 15 is 0 Å². The zero-order valence-corrected chi connectivity index (χ0v) is 37.3. The van der Waals surface area contributed by atoms with Gasteiger partial charge in [0.1, 0.15) is 0 Å². The number of allylic oxidation sites excluding steroid dienone is 6. The third-order valence-corrected chi connectivity index (χ3v) is 15.3. The summed E-state index contributed by atoms with van der Waals surface area (Å²) in [4.78, 5) is 104. The molecule has 5 aliphatic heterocycles. The summed E-state index contributed by atoms with van der Waals surface area (Å²) in [5.74, 6) is -10.0. The molecular weight excluding hydrogens is 817 g/mol. The Hall–Kier alpha value is -5.68. The van der Waals surface area contributed by atoms with Gasteiger partial charge < -0.3 is 42.3 Å². The van der Waals surface area contributed by atoms with Crippen LogP contribution in [0.15, 0.2) is 49.3 Å². The molecule has 0 aromatic carbocycles. The molecule has 0 saturated carbocycles. The Kier molecular flexibility index (Phi) is 13.1. The molecule has 18 heteroatoms. The number of nitrogens with zero attached hydrogens (tertiary/aromatic N) is 3. The first-order valence-corrected chi connectivity index (χ1v) is 21.4. The minimum absolute atomic E-state index is 0.0433. The van der Waals surface area contributed by atoms with Crippen LogP contribution >= 0.6 is 0 Å². The van der Waals surface area contributed by atoms with E-state index in [0.717, 1.165) is 0 Å². The molecule has 0 aliphatic carbocycles. The zero-order valence-electron chi connectivity index (χ0n) is 37.3. The minimum atomic E-state index is -1.52. The lowest BCUT2D eigenvalue weighted by Crippen LogP contribution is -2.55. The van der Waals surface area contributed by atoms with Crippen LogP contribution in [-0.4, -0.2) is 95.9 Å². The monoisotopic (exact) mass is 878 g/mol. The van der Waals surface area contributed by atoms with E-state index in [1.54, 1.807) is 47.6 Å². The number of rotatable bonds is 18. The third kappa shape index (κ3) is 8.56. The lowest BCUT2D eigenvalue weighted by atomic mass is 9.55. The van der Waals surface area contributed by atoms with Crippen LogP contribution in [0.1, 0.15) is 126 Å². The van der Waals surface area contributed by atoms with Crippen LogP contribution in [0.2, 0.25) is 0 Å². The summed E-state index contributed by atoms with van der Waals surface area (Å²) >= 11 is 0. The van der Waals surface area contributed by atoms with Crippen LogP contribution in [0.4, 0.5) is 0 Å². The van der Waals surface area contributed by atoms with Crippen molar-refractivity contribution in [3.8, 4) is 0 Å². The maximum atomic E-state index is 13.3. The van der Waals surface area contributed by atoms with Crippen molar-refractivity contribution in [1.29, 1.82) is 0 Å². The Balaban J connectivity index is 2.03. The number of hydrogen-bond acceptors (Lipinski definition) is 11. The van der Waals surface area contributed by atoms with E-state index in [2.05, 4.69) is 5.32 Å². The molecule has 8 bridgehead atoms. The summed E-state index contributed by atoms with van der Waals surface area (Å²) in [7, 11) is 0. The van der Waals surface area contributed by atoms with E-state index in [9.17, 15) is 59.1 Å². The second-order valence-electron chi connectivity index (χ2n) is 19.6. The van der Waals surface area contributed by atoms with Gasteiger partial charge in [-0.05, 0) is 63.7 Å². The van der Waals surface area contributed by atoms with E-state index < -0.39 is 105 Å². The Morgan fingerprint density at radius 3 is 1.71 bits per heavy atom. The van der Waals surface area contributed by atoms with Gasteiger partial charge in [0.15, 0.2) is 0 Å². The molecule has 344 valence electrons. The van der Waals surface area contributed by atoms with Crippen LogP contribution in [-0.2, 0) is 33.6 Å². The number of carboxylic acid groups (broad SMARTS) is 5. The molecule has 0 unspecified atom stereocenters. The number of fused-ring (bicyclic) bond motifs is 6. The van der Waals surface area contributed by atoms with Gasteiger partial charge in [0.25, 0.3) is 0 Å². The molecule has 2 amide bonds. The molecule has 63 heavy (non-hydrogen) atoms. The molecule has 0 radical (unpaired) electrons. The first-order chi connectivity index (χ1) is 29.0. The lowest BCUT2D eigenvalue weighted by Gasteiger charge is -2.48. The van der Waals surface area contributed by atoms with Crippen LogP contribution in [0.25, 0.3) is 0 Å². The molecule has 5 aliphatic rings. The molecule has 0 spiro atoms. The number of carboxylic acids is 5. The lowest BCUT2D eigenvalue weighted by molar-refractivity contribution is -0.140. The number of nitrogens with two attached hydrogens (primary N) is 2. The van der Waals surface area contributed by atoms with Crippen molar-refractivity contribution < 1.29 is 59.1 Å². The van der Waals surface area contributed by atoms with E-state index in [0.29, 0.717) is 45.4 Å². The summed E-state index contributed by atoms with van der Waals surface area (Å²) in [6.07, 6.45) is -0.470. The van der Waals surface area contributed by atoms with Gasteiger partial charge in [0.2, 0.25) is 11.8 Å². The number of carbonyl (C=O) groups excluding carboxylic acids is 2. The summed E-state index contributed by atoms with van der Waals surface area (Å²) < 4.78 is 0. The number of hydrogen-bond donors (Lipinski definition) is 8. The van der Waals surface area contributed by atoms with Crippen LogP contribution < -0.4 is 16.8 Å². The van der Waals surface area contributed by atoms with Crippen molar-refractivity contribution in [1.82, 2.24) is 5.32 Å². The van der Waals surface area contributed by atoms with Gasteiger partial charge >= 0.3 is 29.8 Å². The number of primary amides is 2. The Morgan fingerprint density at radius 1 is 0.683 bits per heavy atom. The second-order valence-corrected chi connectivity index (χ2v) is 19.6. The standard InChI is InChI=1S/C45H62N6O12/c1-21-36-24(10-13-32(56)57)41(3,4)28(49-36)18-27-23(9-12-31(54)55)43(6,19-29(46)52)39(48-27)22(2)37-25(11-14-33(58)59)44(7,20-30(47)53)45(8,51-37)40-26(17-35(62)63)42(5,38(21)50-40)16-15-34(60)61/h18,23-26,40,48H,9-17,19-20H2,1-8H3,(H2,46,52)(H2,47,53)(H,54,55)(H,56,57)(H,58,59)(H,60,61)(H,62,63)/b27-18-,36-21-,39-22-/t23-,24-,25-,26+,40-,42-,43+,44+,45+/m1/s1. The Labute approximate surface area is 366 Å². The molecule has 18 nitrogen and oxygen atoms in total. The maximum absolute atomic E-state index is 13.3. The SMILES string of the molecule is C/C1=C2N=C(/C=C3\N/C(=C(/C)C4=N[C@@](C)([C@@H]5N=C1[C@](C)(CCC(=O)O)[C@H]5CC(=O)O)[C@@](C)(CC(N)=O)[C@@H]4CCC(=O)O)[C@@](C)(CC(N)=O)[C@@H]3CCC(=O)O)C(C)(C)[C@@H]/2CCC(=O)O. The highest BCUT2D eigenvalue weighted by Gasteiger charge is 2.66. The third-order valence-electron chi connectivity index (χ3n) is 15.3.